The lowest BCUT2D eigenvalue weighted by Crippen LogP contribution is -2.06. The minimum Gasteiger partial charge on any atom is -0.487 e. The molecule has 4 nitrogen and oxygen atoms in total. The van der Waals surface area contributed by atoms with Gasteiger partial charge in [0.15, 0.2) is 5.75 Å². The summed E-state index contributed by atoms with van der Waals surface area (Å²) >= 11 is 0. The molecule has 0 fully saturated rings. The summed E-state index contributed by atoms with van der Waals surface area (Å²) in [4.78, 5) is 10.3. The second-order valence-corrected chi connectivity index (χ2v) is 3.79. The molecule has 84 valence electrons. The van der Waals surface area contributed by atoms with Gasteiger partial charge in [-0.15, -0.1) is 6.42 Å². The fraction of sp³-hybridized carbons (Fsp3) is 0.333. The number of ether oxygens (including phenoxy) is 1. The lowest BCUT2D eigenvalue weighted by atomic mass is 10.2. The first-order valence-electron chi connectivity index (χ1n) is 4.92. The summed E-state index contributed by atoms with van der Waals surface area (Å²) < 4.78 is 5.37. The fourth-order valence-corrected chi connectivity index (χ4v) is 1.13. The molecule has 4 heteroatoms. The predicted molar refractivity (Wildman–Crippen MR) is 61.4 cm³/mol. The molecule has 1 aromatic carbocycles. The minimum absolute atomic E-state index is 0.0559. The van der Waals surface area contributed by atoms with E-state index in [1.54, 1.807) is 0 Å². The zero-order valence-electron chi connectivity index (χ0n) is 9.27. The Morgan fingerprint density at radius 1 is 1.56 bits per heavy atom. The van der Waals surface area contributed by atoms with Gasteiger partial charge in [-0.25, -0.2) is 0 Å². The van der Waals surface area contributed by atoms with Crippen LogP contribution in [0.1, 0.15) is 19.4 Å². The van der Waals surface area contributed by atoms with Crippen molar-refractivity contribution < 1.29 is 9.66 Å². The largest absolute Gasteiger partial charge is 0.487 e. The van der Waals surface area contributed by atoms with Gasteiger partial charge in [-0.05, 0) is 12.0 Å². The highest BCUT2D eigenvalue weighted by molar-refractivity contribution is 5.52. The molecule has 0 aliphatic rings. The Morgan fingerprint density at radius 2 is 2.25 bits per heavy atom. The van der Waals surface area contributed by atoms with Gasteiger partial charge in [-0.1, -0.05) is 19.8 Å². The van der Waals surface area contributed by atoms with Crippen LogP contribution in [0.3, 0.4) is 0 Å². The number of nitro groups is 1. The van der Waals surface area contributed by atoms with Crippen molar-refractivity contribution in [1.29, 1.82) is 0 Å². The summed E-state index contributed by atoms with van der Waals surface area (Å²) in [6, 6.07) is 4.41. The first kappa shape index (κ1) is 12.1. The average Bonchev–Trinajstić information content (AvgIpc) is 2.25. The van der Waals surface area contributed by atoms with Crippen molar-refractivity contribution >= 4 is 5.69 Å². The standard InChI is InChI=1S/C12H13NO3/c1-4-10-5-6-11(13(14)15)12(7-10)16-8-9(2)3/h1,5-7,9H,8H2,2-3H3. The van der Waals surface area contributed by atoms with E-state index in [1.807, 2.05) is 13.8 Å². The van der Waals surface area contributed by atoms with E-state index in [0.717, 1.165) is 0 Å². The Morgan fingerprint density at radius 3 is 2.75 bits per heavy atom. The molecular weight excluding hydrogens is 206 g/mol. The van der Waals surface area contributed by atoms with E-state index in [2.05, 4.69) is 5.92 Å². The summed E-state index contributed by atoms with van der Waals surface area (Å²) in [5.74, 6) is 2.95. The molecule has 0 bridgehead atoms. The SMILES string of the molecule is C#Cc1ccc([N+](=O)[O-])c(OCC(C)C)c1. The molecule has 16 heavy (non-hydrogen) atoms. The van der Waals surface area contributed by atoms with Crippen LogP contribution in [0.5, 0.6) is 5.75 Å². The molecule has 1 aromatic rings. The molecule has 0 radical (unpaired) electrons. The number of terminal acetylenes is 1. The van der Waals surface area contributed by atoms with Gasteiger partial charge in [0.05, 0.1) is 11.5 Å². The van der Waals surface area contributed by atoms with Crippen LogP contribution in [-0.2, 0) is 0 Å². The van der Waals surface area contributed by atoms with Gasteiger partial charge < -0.3 is 4.74 Å². The van der Waals surface area contributed by atoms with E-state index in [-0.39, 0.29) is 11.4 Å². The van der Waals surface area contributed by atoms with Crippen LogP contribution < -0.4 is 4.74 Å². The number of nitrogens with zero attached hydrogens (tertiary/aromatic N) is 1. The van der Waals surface area contributed by atoms with Crippen LogP contribution in [0.25, 0.3) is 0 Å². The van der Waals surface area contributed by atoms with Crippen LogP contribution in [0.2, 0.25) is 0 Å². The Balaban J connectivity index is 3.02. The summed E-state index contributed by atoms with van der Waals surface area (Å²) in [5.41, 5.74) is 0.518. The van der Waals surface area contributed by atoms with E-state index in [4.69, 9.17) is 11.2 Å². The fourth-order valence-electron chi connectivity index (χ4n) is 1.13. The van der Waals surface area contributed by atoms with Crippen LogP contribution >= 0.6 is 0 Å². The molecule has 0 aromatic heterocycles. The quantitative estimate of drug-likeness (QED) is 0.444. The maximum absolute atomic E-state index is 10.7. The zero-order valence-corrected chi connectivity index (χ0v) is 9.27. The normalized spacial score (nSPS) is 9.88. The van der Waals surface area contributed by atoms with E-state index in [1.165, 1.54) is 18.2 Å². The maximum atomic E-state index is 10.7. The van der Waals surface area contributed by atoms with Gasteiger partial charge in [-0.2, -0.15) is 0 Å². The van der Waals surface area contributed by atoms with E-state index in [0.29, 0.717) is 18.1 Å². The molecule has 0 atom stereocenters. The highest BCUT2D eigenvalue weighted by atomic mass is 16.6. The van der Waals surface area contributed by atoms with Crippen molar-refractivity contribution in [1.82, 2.24) is 0 Å². The highest BCUT2D eigenvalue weighted by Gasteiger charge is 2.15. The summed E-state index contributed by atoms with van der Waals surface area (Å²) in [6.07, 6.45) is 5.23. The summed E-state index contributed by atoms with van der Waals surface area (Å²) in [6.45, 7) is 4.36. The monoisotopic (exact) mass is 219 g/mol. The minimum atomic E-state index is -0.476. The van der Waals surface area contributed by atoms with Gasteiger partial charge in [0.2, 0.25) is 0 Å². The number of rotatable bonds is 4. The molecule has 0 amide bonds. The van der Waals surface area contributed by atoms with Gasteiger partial charge in [0.1, 0.15) is 0 Å². The smallest absolute Gasteiger partial charge is 0.311 e. The third-order valence-electron chi connectivity index (χ3n) is 1.90. The first-order valence-corrected chi connectivity index (χ1v) is 4.92. The van der Waals surface area contributed by atoms with Crippen molar-refractivity contribution in [3.05, 3.63) is 33.9 Å². The Bertz CT molecular complexity index is 432. The number of hydrogen-bond donors (Lipinski definition) is 0. The topological polar surface area (TPSA) is 52.4 Å². The molecule has 0 aliphatic carbocycles. The summed E-state index contributed by atoms with van der Waals surface area (Å²) in [7, 11) is 0. The van der Waals surface area contributed by atoms with Crippen LogP contribution in [0.15, 0.2) is 18.2 Å². The second-order valence-electron chi connectivity index (χ2n) is 3.79. The number of benzene rings is 1. The molecule has 0 N–H and O–H groups in total. The third-order valence-corrected chi connectivity index (χ3v) is 1.90. The molecule has 0 saturated carbocycles. The van der Waals surface area contributed by atoms with Crippen molar-refractivity contribution in [3.8, 4) is 18.1 Å². The van der Waals surface area contributed by atoms with Crippen molar-refractivity contribution in [2.24, 2.45) is 5.92 Å². The maximum Gasteiger partial charge on any atom is 0.311 e. The van der Waals surface area contributed by atoms with E-state index in [9.17, 15) is 10.1 Å². The molecule has 0 aliphatic heterocycles. The number of nitro benzene ring substituents is 1. The summed E-state index contributed by atoms with van der Waals surface area (Å²) in [5, 5.41) is 10.7. The second kappa shape index (κ2) is 5.17. The van der Waals surface area contributed by atoms with Gasteiger partial charge in [-0.3, -0.25) is 10.1 Å². The van der Waals surface area contributed by atoms with Gasteiger partial charge >= 0.3 is 5.69 Å². The lowest BCUT2D eigenvalue weighted by Gasteiger charge is -2.09. The lowest BCUT2D eigenvalue weighted by molar-refractivity contribution is -0.385. The number of hydrogen-bond acceptors (Lipinski definition) is 3. The van der Waals surface area contributed by atoms with Gasteiger partial charge in [0.25, 0.3) is 0 Å². The van der Waals surface area contributed by atoms with Crippen LogP contribution in [-0.4, -0.2) is 11.5 Å². The molecular formula is C12H13NO3. The third kappa shape index (κ3) is 2.99. The molecule has 0 spiro atoms. The Kier molecular flexibility index (Phi) is 3.90. The molecule has 0 saturated heterocycles. The molecule has 1 rings (SSSR count). The van der Waals surface area contributed by atoms with Crippen molar-refractivity contribution in [3.63, 3.8) is 0 Å². The Hall–Kier alpha value is -2.02. The average molecular weight is 219 g/mol. The highest BCUT2D eigenvalue weighted by Crippen LogP contribution is 2.28. The van der Waals surface area contributed by atoms with Crippen molar-refractivity contribution in [2.75, 3.05) is 6.61 Å². The Labute approximate surface area is 94.4 Å². The van der Waals surface area contributed by atoms with Crippen LogP contribution in [0.4, 0.5) is 5.69 Å². The predicted octanol–water partition coefficient (Wildman–Crippen LogP) is 2.61. The van der Waals surface area contributed by atoms with Gasteiger partial charge in [0, 0.05) is 17.7 Å². The van der Waals surface area contributed by atoms with E-state index < -0.39 is 4.92 Å². The van der Waals surface area contributed by atoms with Crippen molar-refractivity contribution in [2.45, 2.75) is 13.8 Å². The van der Waals surface area contributed by atoms with Crippen LogP contribution in [0, 0.1) is 28.4 Å². The molecule has 0 heterocycles. The first-order chi connectivity index (χ1) is 7.54. The molecule has 0 unspecified atom stereocenters. The van der Waals surface area contributed by atoms with E-state index >= 15 is 0 Å². The zero-order chi connectivity index (χ0) is 12.1.